The predicted octanol–water partition coefficient (Wildman–Crippen LogP) is 6.63. The fraction of sp³-hybridized carbons (Fsp3) is 0.286. The van der Waals surface area contributed by atoms with Gasteiger partial charge in [0, 0.05) is 59.5 Å². The smallest absolute Gasteiger partial charge is 0.243 e. The summed E-state index contributed by atoms with van der Waals surface area (Å²) in [5.74, 6) is -0.610. The van der Waals surface area contributed by atoms with Crippen molar-refractivity contribution >= 4 is 27.3 Å². The highest BCUT2D eigenvalue weighted by Crippen LogP contribution is 2.47. The molecule has 1 aliphatic heterocycles. The third kappa shape index (κ3) is 6.90. The minimum atomic E-state index is -0.801. The van der Waals surface area contributed by atoms with Crippen LogP contribution >= 0.6 is 11.3 Å². The predicted molar refractivity (Wildman–Crippen MR) is 179 cm³/mol. The molecule has 4 heterocycles. The SMILES string of the molecule is C=CC(=O)NC(C)c1cc(-c2nc(-c3ccc(OCC4CN(C)C4)cc3)c3ccsc3c2-c2c(F)cc(F)cc2OCCOC)n[nH]1. The number of aromatic amines is 1. The Kier molecular flexibility index (Phi) is 9.62. The molecule has 0 aliphatic carbocycles. The molecule has 0 bridgehead atoms. The van der Waals surface area contributed by atoms with Gasteiger partial charge in [-0.05, 0) is 61.8 Å². The molecule has 0 radical (unpaired) electrons. The van der Waals surface area contributed by atoms with Gasteiger partial charge >= 0.3 is 0 Å². The summed E-state index contributed by atoms with van der Waals surface area (Å²) in [5.41, 5.74) is 3.33. The second-order valence-corrected chi connectivity index (χ2v) is 12.4. The first-order valence-corrected chi connectivity index (χ1v) is 16.1. The highest BCUT2D eigenvalue weighted by Gasteiger charge is 2.27. The molecular weight excluding hydrogens is 624 g/mol. The molecule has 0 spiro atoms. The van der Waals surface area contributed by atoms with Gasteiger partial charge in [-0.15, -0.1) is 11.3 Å². The van der Waals surface area contributed by atoms with Crippen molar-refractivity contribution in [1.82, 2.24) is 25.4 Å². The van der Waals surface area contributed by atoms with E-state index in [1.54, 1.807) is 13.0 Å². The Bertz CT molecular complexity index is 1900. The fourth-order valence-corrected chi connectivity index (χ4v) is 6.64. The van der Waals surface area contributed by atoms with Gasteiger partial charge in [0.15, 0.2) is 0 Å². The molecule has 1 aliphatic rings. The number of likely N-dealkylation sites (tertiary alicyclic amines) is 1. The summed E-state index contributed by atoms with van der Waals surface area (Å²) < 4.78 is 48.2. The molecule has 3 aromatic heterocycles. The van der Waals surface area contributed by atoms with Gasteiger partial charge in [0.2, 0.25) is 5.91 Å². The number of hydrogen-bond donors (Lipinski definition) is 2. The number of carbonyl (C=O) groups excluding carboxylic acids is 1. The highest BCUT2D eigenvalue weighted by atomic mass is 32.1. The monoisotopic (exact) mass is 659 g/mol. The standard InChI is InChI=1S/C35H35F2N5O4S/c1-5-30(43)38-20(2)27-16-28(41-40-27)34-32(31-26(37)14-23(36)15-29(31)45-12-11-44-4)35-25(10-13-47-35)33(39-34)22-6-8-24(9-7-22)46-19-21-17-42(3)18-21/h5-10,13-16,20-21H,1,11-12,17-19H2,2-4H3,(H,38,43)(H,40,41). The van der Waals surface area contributed by atoms with Crippen LogP contribution in [0.2, 0.25) is 0 Å². The number of pyridine rings is 1. The maximum Gasteiger partial charge on any atom is 0.243 e. The van der Waals surface area contributed by atoms with Gasteiger partial charge in [0.05, 0.1) is 36.2 Å². The maximum atomic E-state index is 15.9. The van der Waals surface area contributed by atoms with E-state index in [1.807, 2.05) is 35.7 Å². The van der Waals surface area contributed by atoms with Crippen LogP contribution < -0.4 is 14.8 Å². The molecule has 1 saturated heterocycles. The van der Waals surface area contributed by atoms with Crippen LogP contribution in [0.5, 0.6) is 11.5 Å². The zero-order chi connectivity index (χ0) is 33.1. The number of carbonyl (C=O) groups is 1. The zero-order valence-electron chi connectivity index (χ0n) is 26.3. The van der Waals surface area contributed by atoms with Gasteiger partial charge in [-0.3, -0.25) is 9.89 Å². The molecule has 12 heteroatoms. The van der Waals surface area contributed by atoms with E-state index < -0.39 is 17.7 Å². The largest absolute Gasteiger partial charge is 0.493 e. The van der Waals surface area contributed by atoms with Crippen LogP contribution in [0.15, 0.2) is 66.6 Å². The molecule has 1 atom stereocenters. The van der Waals surface area contributed by atoms with E-state index in [1.165, 1.54) is 24.5 Å². The summed E-state index contributed by atoms with van der Waals surface area (Å²) in [6.07, 6.45) is 1.19. The molecule has 1 fully saturated rings. The molecule has 1 unspecified atom stereocenters. The van der Waals surface area contributed by atoms with Crippen molar-refractivity contribution in [2.75, 3.05) is 47.1 Å². The third-order valence-electron chi connectivity index (χ3n) is 8.03. The number of ether oxygens (including phenoxy) is 3. The van der Waals surface area contributed by atoms with Crippen LogP contribution in [-0.4, -0.2) is 73.1 Å². The number of nitrogens with one attached hydrogen (secondary N) is 2. The number of halogens is 2. The van der Waals surface area contributed by atoms with E-state index in [0.717, 1.165) is 46.6 Å². The summed E-state index contributed by atoms with van der Waals surface area (Å²) in [6, 6.07) is 13.0. The zero-order valence-corrected chi connectivity index (χ0v) is 27.1. The van der Waals surface area contributed by atoms with Gasteiger partial charge in [-0.1, -0.05) is 6.58 Å². The molecule has 1 amide bonds. The molecule has 244 valence electrons. The average molecular weight is 660 g/mol. The first-order chi connectivity index (χ1) is 22.7. The van der Waals surface area contributed by atoms with Gasteiger partial charge in [0.1, 0.15) is 41.1 Å². The summed E-state index contributed by atoms with van der Waals surface area (Å²) in [6.45, 7) is 8.32. The minimum absolute atomic E-state index is 0.0200. The number of rotatable bonds is 13. The molecule has 6 rings (SSSR count). The Balaban J connectivity index is 1.48. The van der Waals surface area contributed by atoms with Crippen LogP contribution in [0.1, 0.15) is 18.7 Å². The third-order valence-corrected chi connectivity index (χ3v) is 8.96. The van der Waals surface area contributed by atoms with Crippen LogP contribution in [0.3, 0.4) is 0 Å². The molecule has 47 heavy (non-hydrogen) atoms. The Morgan fingerprint density at radius 3 is 2.64 bits per heavy atom. The van der Waals surface area contributed by atoms with Gasteiger partial charge in [-0.25, -0.2) is 13.8 Å². The maximum absolute atomic E-state index is 15.9. The van der Waals surface area contributed by atoms with Crippen LogP contribution in [0, 0.1) is 17.6 Å². The lowest BCUT2D eigenvalue weighted by Crippen LogP contribution is -2.46. The van der Waals surface area contributed by atoms with Crippen LogP contribution in [-0.2, 0) is 9.53 Å². The number of benzene rings is 2. The minimum Gasteiger partial charge on any atom is -0.493 e. The van der Waals surface area contributed by atoms with E-state index in [9.17, 15) is 9.18 Å². The van der Waals surface area contributed by atoms with Crippen molar-refractivity contribution in [2.45, 2.75) is 13.0 Å². The number of H-pyrrole nitrogens is 1. The molecule has 2 aromatic carbocycles. The van der Waals surface area contributed by atoms with Crippen LogP contribution in [0.25, 0.3) is 43.9 Å². The van der Waals surface area contributed by atoms with E-state index in [4.69, 9.17) is 19.2 Å². The molecule has 5 aromatic rings. The van der Waals surface area contributed by atoms with Gasteiger partial charge in [0.25, 0.3) is 0 Å². The van der Waals surface area contributed by atoms with E-state index in [-0.39, 0.29) is 30.4 Å². The van der Waals surface area contributed by atoms with Crippen molar-refractivity contribution in [3.8, 4) is 45.3 Å². The number of amides is 1. The van der Waals surface area contributed by atoms with Gasteiger partial charge in [-0.2, -0.15) is 5.10 Å². The molecule has 2 N–H and O–H groups in total. The fourth-order valence-electron chi connectivity index (χ4n) is 5.69. The normalized spacial score (nSPS) is 14.1. The van der Waals surface area contributed by atoms with E-state index in [2.05, 4.69) is 34.0 Å². The van der Waals surface area contributed by atoms with Crippen molar-refractivity contribution in [2.24, 2.45) is 5.92 Å². The number of aromatic nitrogens is 3. The van der Waals surface area contributed by atoms with Gasteiger partial charge < -0.3 is 24.4 Å². The number of nitrogens with zero attached hydrogens (tertiary/aromatic N) is 3. The summed E-state index contributed by atoms with van der Waals surface area (Å²) in [4.78, 5) is 19.4. The van der Waals surface area contributed by atoms with Crippen molar-refractivity contribution < 1.29 is 27.8 Å². The first kappa shape index (κ1) is 32.3. The lowest BCUT2D eigenvalue weighted by Gasteiger charge is -2.35. The van der Waals surface area contributed by atoms with Crippen molar-refractivity contribution in [3.05, 3.63) is 83.9 Å². The number of fused-ring (bicyclic) bond motifs is 1. The quantitative estimate of drug-likeness (QED) is 0.108. The van der Waals surface area contributed by atoms with Crippen molar-refractivity contribution in [3.63, 3.8) is 0 Å². The second-order valence-electron chi connectivity index (χ2n) is 11.5. The molecular formula is C35H35F2N5O4S. The molecule has 9 nitrogen and oxygen atoms in total. The van der Waals surface area contributed by atoms with Crippen molar-refractivity contribution in [1.29, 1.82) is 0 Å². The Hall–Kier alpha value is -4.65. The Morgan fingerprint density at radius 1 is 1.13 bits per heavy atom. The summed E-state index contributed by atoms with van der Waals surface area (Å²) in [7, 11) is 3.61. The number of methoxy groups -OCH3 is 1. The highest BCUT2D eigenvalue weighted by molar-refractivity contribution is 7.18. The lowest BCUT2D eigenvalue weighted by molar-refractivity contribution is -0.117. The number of hydrogen-bond acceptors (Lipinski definition) is 8. The van der Waals surface area contributed by atoms with E-state index >= 15 is 4.39 Å². The van der Waals surface area contributed by atoms with E-state index in [0.29, 0.717) is 40.9 Å². The van der Waals surface area contributed by atoms with Crippen LogP contribution in [0.4, 0.5) is 8.78 Å². The molecule has 0 saturated carbocycles. The summed E-state index contributed by atoms with van der Waals surface area (Å²) in [5, 5.41) is 13.0. The number of thiophene rings is 1. The topological polar surface area (TPSA) is 102 Å². The lowest BCUT2D eigenvalue weighted by atomic mass is 9.96. The Morgan fingerprint density at radius 2 is 1.91 bits per heavy atom. The summed E-state index contributed by atoms with van der Waals surface area (Å²) >= 11 is 1.41. The average Bonchev–Trinajstić information content (AvgIpc) is 3.73. The second kappa shape index (κ2) is 14.0. The Labute approximate surface area is 275 Å². The first-order valence-electron chi connectivity index (χ1n) is 15.2.